The summed E-state index contributed by atoms with van der Waals surface area (Å²) in [7, 11) is 1.71. The molecular formula is C25H30FN5O2. The highest BCUT2D eigenvalue weighted by Gasteiger charge is 2.53. The summed E-state index contributed by atoms with van der Waals surface area (Å²) in [5, 5.41) is 7.71. The Bertz CT molecular complexity index is 1240. The topological polar surface area (TPSA) is 86.9 Å². The number of rotatable bonds is 4. The van der Waals surface area contributed by atoms with Crippen molar-refractivity contribution in [2.75, 3.05) is 25.2 Å². The minimum atomic E-state index is -0.418. The molecule has 3 aromatic rings. The fraction of sp³-hybridized carbons (Fsp3) is 0.560. The molecule has 8 heteroatoms. The standard InChI is InChI=1S/C25H30FN5O2/c1-13(14-4-6-33-7-5-14)24(32)31(3)16-9-18(26)22-19(10-16)27-23(28-22)21-17-8-15-11-25(15,2)12-20(17)29-30-21/h9-10,13-15H,4-8,11-12H2,1-3H3,(H,27,28)(H,29,30)/t13?,15-,25-/m1/s1. The predicted octanol–water partition coefficient (Wildman–Crippen LogP) is 4.24. The van der Waals surface area contributed by atoms with Crippen LogP contribution in [0.3, 0.4) is 0 Å². The van der Waals surface area contributed by atoms with E-state index in [0.717, 1.165) is 31.4 Å². The van der Waals surface area contributed by atoms with E-state index in [1.165, 1.54) is 23.7 Å². The van der Waals surface area contributed by atoms with Gasteiger partial charge in [-0.2, -0.15) is 5.10 Å². The predicted molar refractivity (Wildman–Crippen MR) is 123 cm³/mol. The molecule has 2 aromatic heterocycles. The third-order valence-electron chi connectivity index (χ3n) is 8.36. The van der Waals surface area contributed by atoms with Gasteiger partial charge in [-0.25, -0.2) is 9.37 Å². The van der Waals surface area contributed by atoms with Crippen LogP contribution in [0, 0.1) is 29.0 Å². The molecule has 7 nitrogen and oxygen atoms in total. The van der Waals surface area contributed by atoms with Crippen molar-refractivity contribution < 1.29 is 13.9 Å². The van der Waals surface area contributed by atoms with Gasteiger partial charge in [0.2, 0.25) is 5.91 Å². The van der Waals surface area contributed by atoms with Gasteiger partial charge in [0.05, 0.1) is 5.52 Å². The lowest BCUT2D eigenvalue weighted by atomic mass is 9.86. The molecule has 2 aliphatic carbocycles. The number of amides is 1. The summed E-state index contributed by atoms with van der Waals surface area (Å²) >= 11 is 0. The van der Waals surface area contributed by atoms with Crippen molar-refractivity contribution in [1.82, 2.24) is 20.2 Å². The summed E-state index contributed by atoms with van der Waals surface area (Å²) < 4.78 is 20.5. The molecule has 1 aromatic carbocycles. The molecule has 2 fully saturated rings. The molecule has 6 rings (SSSR count). The number of imidazole rings is 1. The number of H-pyrrole nitrogens is 2. The molecule has 174 valence electrons. The third-order valence-corrected chi connectivity index (χ3v) is 8.36. The van der Waals surface area contributed by atoms with Gasteiger partial charge in [0.25, 0.3) is 0 Å². The van der Waals surface area contributed by atoms with Crippen molar-refractivity contribution in [3.05, 3.63) is 29.2 Å². The highest BCUT2D eigenvalue weighted by Crippen LogP contribution is 2.59. The number of nitrogens with zero attached hydrogens (tertiary/aromatic N) is 3. The molecule has 3 aliphatic rings. The largest absolute Gasteiger partial charge is 0.381 e. The second-order valence-corrected chi connectivity index (χ2v) is 10.5. The number of ether oxygens (including phenoxy) is 1. The molecule has 2 N–H and O–H groups in total. The lowest BCUT2D eigenvalue weighted by Crippen LogP contribution is -2.37. The molecule has 1 amide bonds. The molecule has 1 unspecified atom stereocenters. The van der Waals surface area contributed by atoms with E-state index in [0.29, 0.717) is 53.0 Å². The summed E-state index contributed by atoms with van der Waals surface area (Å²) in [6.45, 7) is 5.68. The monoisotopic (exact) mass is 451 g/mol. The SMILES string of the molecule is CC(C(=O)N(C)c1cc(F)c2[nH]c(-c3n[nH]c4c3C[C@@H]3C[C@]3(C)C4)nc2c1)C1CCOCC1. The Labute approximate surface area is 192 Å². The number of carbonyl (C=O) groups excluding carboxylic acids is 1. The molecule has 33 heavy (non-hydrogen) atoms. The molecule has 0 radical (unpaired) electrons. The van der Waals surface area contributed by atoms with Crippen molar-refractivity contribution >= 4 is 22.6 Å². The van der Waals surface area contributed by atoms with E-state index in [1.807, 2.05) is 6.92 Å². The molecule has 1 aliphatic heterocycles. The highest BCUT2D eigenvalue weighted by molar-refractivity contribution is 5.96. The Hall–Kier alpha value is -2.74. The van der Waals surface area contributed by atoms with Gasteiger partial charge in [-0.15, -0.1) is 0 Å². The number of benzene rings is 1. The maximum absolute atomic E-state index is 15.1. The first-order valence-electron chi connectivity index (χ1n) is 11.9. The van der Waals surface area contributed by atoms with E-state index < -0.39 is 5.82 Å². The number of anilines is 1. The van der Waals surface area contributed by atoms with Crippen molar-refractivity contribution in [1.29, 1.82) is 0 Å². The first-order chi connectivity index (χ1) is 15.8. The number of hydrogen-bond donors (Lipinski definition) is 2. The molecular weight excluding hydrogens is 421 g/mol. The van der Waals surface area contributed by atoms with Crippen LogP contribution in [-0.2, 0) is 22.4 Å². The van der Waals surface area contributed by atoms with Crippen LogP contribution in [0.5, 0.6) is 0 Å². The second kappa shape index (κ2) is 7.38. The number of halogens is 1. The fourth-order valence-corrected chi connectivity index (χ4v) is 5.87. The van der Waals surface area contributed by atoms with E-state index in [9.17, 15) is 4.79 Å². The molecule has 3 heterocycles. The van der Waals surface area contributed by atoms with Crippen molar-refractivity contribution in [2.24, 2.45) is 23.2 Å². The summed E-state index contributed by atoms with van der Waals surface area (Å²) in [4.78, 5) is 22.5. The van der Waals surface area contributed by atoms with Gasteiger partial charge in [-0.1, -0.05) is 13.8 Å². The molecule has 1 saturated carbocycles. The van der Waals surface area contributed by atoms with Crippen LogP contribution in [-0.4, -0.2) is 46.3 Å². The van der Waals surface area contributed by atoms with E-state index in [4.69, 9.17) is 4.74 Å². The van der Waals surface area contributed by atoms with Crippen LogP contribution < -0.4 is 4.90 Å². The minimum Gasteiger partial charge on any atom is -0.381 e. The lowest BCUT2D eigenvalue weighted by molar-refractivity contribution is -0.124. The Morgan fingerprint density at radius 1 is 1.33 bits per heavy atom. The van der Waals surface area contributed by atoms with Crippen LogP contribution in [0.15, 0.2) is 12.1 Å². The van der Waals surface area contributed by atoms with Crippen LogP contribution in [0.1, 0.15) is 44.4 Å². The van der Waals surface area contributed by atoms with Crippen molar-refractivity contribution in [2.45, 2.75) is 46.0 Å². The van der Waals surface area contributed by atoms with Gasteiger partial charge >= 0.3 is 0 Å². The second-order valence-electron chi connectivity index (χ2n) is 10.5. The van der Waals surface area contributed by atoms with Gasteiger partial charge in [0.15, 0.2) is 11.6 Å². The van der Waals surface area contributed by atoms with Crippen LogP contribution >= 0.6 is 0 Å². The fourth-order valence-electron chi connectivity index (χ4n) is 5.87. The maximum Gasteiger partial charge on any atom is 0.229 e. The van der Waals surface area contributed by atoms with Crippen molar-refractivity contribution in [3.8, 4) is 11.5 Å². The number of nitrogens with one attached hydrogen (secondary N) is 2. The van der Waals surface area contributed by atoms with Crippen LogP contribution in [0.2, 0.25) is 0 Å². The number of aromatic nitrogens is 4. The van der Waals surface area contributed by atoms with E-state index in [-0.39, 0.29) is 11.8 Å². The van der Waals surface area contributed by atoms with Gasteiger partial charge < -0.3 is 14.6 Å². The van der Waals surface area contributed by atoms with Crippen molar-refractivity contribution in [3.63, 3.8) is 0 Å². The Balaban J connectivity index is 1.29. The van der Waals surface area contributed by atoms with E-state index in [1.54, 1.807) is 18.0 Å². The van der Waals surface area contributed by atoms with Crippen LogP contribution in [0.4, 0.5) is 10.1 Å². The van der Waals surface area contributed by atoms with Crippen LogP contribution in [0.25, 0.3) is 22.6 Å². The average molecular weight is 452 g/mol. The first kappa shape index (κ1) is 20.8. The van der Waals surface area contributed by atoms with Gasteiger partial charge in [0, 0.05) is 43.1 Å². The zero-order valence-corrected chi connectivity index (χ0v) is 19.4. The number of aromatic amines is 2. The Morgan fingerprint density at radius 2 is 2.12 bits per heavy atom. The zero-order chi connectivity index (χ0) is 22.9. The number of fused-ring (bicyclic) bond motifs is 3. The van der Waals surface area contributed by atoms with Gasteiger partial charge in [0.1, 0.15) is 11.2 Å². The molecule has 0 bridgehead atoms. The molecule has 0 spiro atoms. The summed E-state index contributed by atoms with van der Waals surface area (Å²) in [5.41, 5.74) is 4.93. The van der Waals surface area contributed by atoms with Gasteiger partial charge in [-0.05, 0) is 61.5 Å². The normalized spacial score (nSPS) is 25.5. The smallest absolute Gasteiger partial charge is 0.229 e. The molecule has 3 atom stereocenters. The molecule has 1 saturated heterocycles. The third kappa shape index (κ3) is 3.38. The first-order valence-corrected chi connectivity index (χ1v) is 11.9. The lowest BCUT2D eigenvalue weighted by Gasteiger charge is -2.30. The quantitative estimate of drug-likeness (QED) is 0.621. The zero-order valence-electron chi connectivity index (χ0n) is 19.4. The summed E-state index contributed by atoms with van der Waals surface area (Å²) in [5.74, 6) is 0.998. The Morgan fingerprint density at radius 3 is 2.91 bits per heavy atom. The summed E-state index contributed by atoms with van der Waals surface area (Å²) in [6.07, 6.45) is 5.01. The summed E-state index contributed by atoms with van der Waals surface area (Å²) in [6, 6.07) is 3.19. The Kier molecular flexibility index (Phi) is 4.66. The maximum atomic E-state index is 15.1. The minimum absolute atomic E-state index is 0.00902. The van der Waals surface area contributed by atoms with Gasteiger partial charge in [-0.3, -0.25) is 9.89 Å². The van der Waals surface area contributed by atoms with E-state index >= 15 is 4.39 Å². The average Bonchev–Trinajstić information content (AvgIpc) is 3.11. The number of hydrogen-bond acceptors (Lipinski definition) is 4. The van der Waals surface area contributed by atoms with E-state index in [2.05, 4.69) is 27.1 Å². The number of carbonyl (C=O) groups is 1. The highest BCUT2D eigenvalue weighted by atomic mass is 19.1.